The average Bonchev–Trinajstić information content (AvgIpc) is 2.84. The van der Waals surface area contributed by atoms with Crippen LogP contribution in [0.1, 0.15) is 138 Å². The minimum atomic E-state index is -0.438. The number of benzene rings is 1. The van der Waals surface area contributed by atoms with Gasteiger partial charge in [0.25, 0.3) is 0 Å². The minimum Gasteiger partial charge on any atom is -0.462 e. The molecular formula is C29H48O4. The summed E-state index contributed by atoms with van der Waals surface area (Å²) in [5.41, 5.74) is 0.596. The van der Waals surface area contributed by atoms with E-state index in [0.717, 1.165) is 38.5 Å². The average molecular weight is 461 g/mol. The molecule has 0 heterocycles. The van der Waals surface area contributed by atoms with Crippen LogP contribution in [0.2, 0.25) is 0 Å². The first kappa shape index (κ1) is 29.2. The molecule has 0 saturated carbocycles. The molecule has 1 atom stereocenters. The fourth-order valence-electron chi connectivity index (χ4n) is 4.02. The molecule has 1 rings (SSSR count). The number of hydrogen-bond acceptors (Lipinski definition) is 4. The lowest BCUT2D eigenvalue weighted by Gasteiger charge is -2.15. The van der Waals surface area contributed by atoms with Crippen molar-refractivity contribution in [3.05, 3.63) is 35.4 Å². The summed E-state index contributed by atoms with van der Waals surface area (Å²) in [6.07, 6.45) is 18.1. The number of esters is 2. The predicted molar refractivity (Wildman–Crippen MR) is 137 cm³/mol. The van der Waals surface area contributed by atoms with Crippen LogP contribution in [0.25, 0.3) is 0 Å². The van der Waals surface area contributed by atoms with E-state index in [1.807, 2.05) is 0 Å². The highest BCUT2D eigenvalue weighted by atomic mass is 16.5. The van der Waals surface area contributed by atoms with Gasteiger partial charge in [0.2, 0.25) is 0 Å². The van der Waals surface area contributed by atoms with Gasteiger partial charge >= 0.3 is 11.9 Å². The normalized spacial score (nSPS) is 11.8. The molecule has 0 saturated heterocycles. The summed E-state index contributed by atoms with van der Waals surface area (Å²) in [5.74, 6) is -0.506. The van der Waals surface area contributed by atoms with E-state index in [2.05, 4.69) is 20.8 Å². The fourth-order valence-corrected chi connectivity index (χ4v) is 4.02. The molecule has 0 fully saturated rings. The second kappa shape index (κ2) is 19.6. The molecule has 0 spiro atoms. The zero-order chi connectivity index (χ0) is 24.2. The standard InChI is InChI=1S/C29H48O4/c1-4-7-9-10-11-12-13-14-15-16-19-23-32-28(30)26-21-17-18-22-27(26)29(31)33-24-25(6-3)20-8-5-2/h17-18,21-22,25H,4-16,19-20,23-24H2,1-3H3. The van der Waals surface area contributed by atoms with Crippen molar-refractivity contribution in [2.24, 2.45) is 5.92 Å². The second-order valence-electron chi connectivity index (χ2n) is 9.23. The van der Waals surface area contributed by atoms with Crippen LogP contribution in [0.15, 0.2) is 24.3 Å². The van der Waals surface area contributed by atoms with E-state index in [1.165, 1.54) is 57.8 Å². The molecule has 0 bridgehead atoms. The number of unbranched alkanes of at least 4 members (excludes halogenated alkanes) is 11. The lowest BCUT2D eigenvalue weighted by Crippen LogP contribution is -2.17. The molecule has 0 N–H and O–H groups in total. The largest absolute Gasteiger partial charge is 0.462 e. The van der Waals surface area contributed by atoms with Gasteiger partial charge in [-0.15, -0.1) is 0 Å². The first-order valence-corrected chi connectivity index (χ1v) is 13.6. The van der Waals surface area contributed by atoms with Gasteiger partial charge in [0.05, 0.1) is 24.3 Å². The highest BCUT2D eigenvalue weighted by Crippen LogP contribution is 2.17. The van der Waals surface area contributed by atoms with Crippen LogP contribution >= 0.6 is 0 Å². The van der Waals surface area contributed by atoms with Crippen molar-refractivity contribution in [3.8, 4) is 0 Å². The first-order valence-electron chi connectivity index (χ1n) is 13.6. The quantitative estimate of drug-likeness (QED) is 0.144. The summed E-state index contributed by atoms with van der Waals surface area (Å²) in [5, 5.41) is 0. The van der Waals surface area contributed by atoms with Crippen LogP contribution in [0.3, 0.4) is 0 Å². The third-order valence-electron chi connectivity index (χ3n) is 6.34. The number of ether oxygens (including phenoxy) is 2. The minimum absolute atomic E-state index is 0.298. The Morgan fingerprint density at radius 2 is 1.15 bits per heavy atom. The summed E-state index contributed by atoms with van der Waals surface area (Å²) >= 11 is 0. The molecule has 0 radical (unpaired) electrons. The SMILES string of the molecule is CCCCCCCCCCCCCOC(=O)c1ccccc1C(=O)OCC(CC)CCCC. The van der Waals surface area contributed by atoms with Gasteiger partial charge in [0, 0.05) is 0 Å². The number of rotatable bonds is 20. The topological polar surface area (TPSA) is 52.6 Å². The van der Waals surface area contributed by atoms with Gasteiger partial charge < -0.3 is 9.47 Å². The van der Waals surface area contributed by atoms with Crippen molar-refractivity contribution in [3.63, 3.8) is 0 Å². The number of carbonyl (C=O) groups is 2. The van der Waals surface area contributed by atoms with E-state index in [4.69, 9.17) is 9.47 Å². The monoisotopic (exact) mass is 460 g/mol. The van der Waals surface area contributed by atoms with E-state index in [0.29, 0.717) is 30.3 Å². The Labute approximate surface area is 202 Å². The van der Waals surface area contributed by atoms with E-state index in [-0.39, 0.29) is 0 Å². The zero-order valence-electron chi connectivity index (χ0n) is 21.5. The Hall–Kier alpha value is -1.84. The van der Waals surface area contributed by atoms with Gasteiger partial charge in [0.1, 0.15) is 0 Å². The Kier molecular flexibility index (Phi) is 17.4. The molecule has 33 heavy (non-hydrogen) atoms. The summed E-state index contributed by atoms with van der Waals surface area (Å²) in [7, 11) is 0. The molecule has 1 aromatic rings. The summed E-state index contributed by atoms with van der Waals surface area (Å²) in [4.78, 5) is 25.2. The van der Waals surface area contributed by atoms with Crippen LogP contribution in [-0.4, -0.2) is 25.2 Å². The Balaban J connectivity index is 2.29. The van der Waals surface area contributed by atoms with Gasteiger partial charge in [0.15, 0.2) is 0 Å². The van der Waals surface area contributed by atoms with E-state index in [9.17, 15) is 9.59 Å². The molecule has 0 aromatic heterocycles. The second-order valence-corrected chi connectivity index (χ2v) is 9.23. The lowest BCUT2D eigenvalue weighted by atomic mass is 10.0. The Morgan fingerprint density at radius 3 is 1.67 bits per heavy atom. The molecule has 4 nitrogen and oxygen atoms in total. The van der Waals surface area contributed by atoms with Crippen LogP contribution in [0.4, 0.5) is 0 Å². The summed E-state index contributed by atoms with van der Waals surface area (Å²) in [6.45, 7) is 7.33. The van der Waals surface area contributed by atoms with Gasteiger partial charge in [-0.3, -0.25) is 0 Å². The Morgan fingerprint density at radius 1 is 0.667 bits per heavy atom. The zero-order valence-corrected chi connectivity index (χ0v) is 21.5. The van der Waals surface area contributed by atoms with E-state index >= 15 is 0 Å². The maximum atomic E-state index is 12.6. The summed E-state index contributed by atoms with van der Waals surface area (Å²) in [6, 6.07) is 6.80. The molecule has 0 aliphatic carbocycles. The van der Waals surface area contributed by atoms with Crippen LogP contribution < -0.4 is 0 Å². The molecule has 4 heteroatoms. The van der Waals surface area contributed by atoms with Crippen molar-refractivity contribution < 1.29 is 19.1 Å². The highest BCUT2D eigenvalue weighted by Gasteiger charge is 2.20. The van der Waals surface area contributed by atoms with Crippen molar-refractivity contribution in [2.75, 3.05) is 13.2 Å². The lowest BCUT2D eigenvalue weighted by molar-refractivity contribution is 0.0404. The van der Waals surface area contributed by atoms with Crippen LogP contribution in [-0.2, 0) is 9.47 Å². The van der Waals surface area contributed by atoms with Gasteiger partial charge in [-0.05, 0) is 30.9 Å². The first-order chi connectivity index (χ1) is 16.1. The summed E-state index contributed by atoms with van der Waals surface area (Å²) < 4.78 is 11.0. The third-order valence-corrected chi connectivity index (χ3v) is 6.34. The highest BCUT2D eigenvalue weighted by molar-refractivity contribution is 6.03. The maximum absolute atomic E-state index is 12.6. The Bertz CT molecular complexity index is 640. The molecule has 1 aromatic carbocycles. The number of carbonyl (C=O) groups excluding carboxylic acids is 2. The van der Waals surface area contributed by atoms with Crippen LogP contribution in [0.5, 0.6) is 0 Å². The fraction of sp³-hybridized carbons (Fsp3) is 0.724. The predicted octanol–water partition coefficient (Wildman–Crippen LogP) is 8.53. The van der Waals surface area contributed by atoms with Crippen molar-refractivity contribution >= 4 is 11.9 Å². The van der Waals surface area contributed by atoms with Gasteiger partial charge in [-0.1, -0.05) is 116 Å². The van der Waals surface area contributed by atoms with Crippen molar-refractivity contribution in [1.29, 1.82) is 0 Å². The smallest absolute Gasteiger partial charge is 0.339 e. The molecule has 0 aliphatic rings. The van der Waals surface area contributed by atoms with Crippen molar-refractivity contribution in [2.45, 2.75) is 117 Å². The molecule has 188 valence electrons. The molecule has 1 unspecified atom stereocenters. The van der Waals surface area contributed by atoms with E-state index in [1.54, 1.807) is 24.3 Å². The molecule has 0 amide bonds. The van der Waals surface area contributed by atoms with Gasteiger partial charge in [-0.2, -0.15) is 0 Å². The number of hydrogen-bond donors (Lipinski definition) is 0. The third kappa shape index (κ3) is 13.5. The van der Waals surface area contributed by atoms with Crippen LogP contribution in [0, 0.1) is 5.92 Å². The van der Waals surface area contributed by atoms with E-state index < -0.39 is 11.9 Å². The molecule has 0 aliphatic heterocycles. The van der Waals surface area contributed by atoms with Crippen molar-refractivity contribution in [1.82, 2.24) is 0 Å². The maximum Gasteiger partial charge on any atom is 0.339 e. The molecular weight excluding hydrogens is 412 g/mol. The van der Waals surface area contributed by atoms with Gasteiger partial charge in [-0.25, -0.2) is 9.59 Å².